The second-order valence-corrected chi connectivity index (χ2v) is 21.2. The number of aromatic nitrogens is 3. The van der Waals surface area contributed by atoms with Gasteiger partial charge in [0.15, 0.2) is 0 Å². The summed E-state index contributed by atoms with van der Waals surface area (Å²) in [5.74, 6) is 0.671. The van der Waals surface area contributed by atoms with E-state index in [4.69, 9.17) is 14.6 Å². The Hall–Kier alpha value is -4.18. The Labute approximate surface area is 288 Å². The van der Waals surface area contributed by atoms with Crippen LogP contribution in [0.4, 0.5) is 22.0 Å². The minimum atomic E-state index is -3.72. The number of amides is 1. The molecule has 262 valence electrons. The maximum atomic E-state index is 13.3. The van der Waals surface area contributed by atoms with Gasteiger partial charge in [-0.2, -0.15) is 0 Å². The summed E-state index contributed by atoms with van der Waals surface area (Å²) in [4.78, 5) is 24.6. The van der Waals surface area contributed by atoms with Crippen molar-refractivity contribution >= 4 is 52.4 Å². The van der Waals surface area contributed by atoms with E-state index in [1.807, 2.05) is 30.3 Å². The first-order valence-corrected chi connectivity index (χ1v) is 22.0. The molecule has 0 radical (unpaired) electrons. The van der Waals surface area contributed by atoms with Crippen molar-refractivity contribution in [2.45, 2.75) is 50.6 Å². The number of fused-ring (bicyclic) bond motifs is 1. The summed E-state index contributed by atoms with van der Waals surface area (Å²) in [6.45, 7) is 12.0. The van der Waals surface area contributed by atoms with Gasteiger partial charge in [-0.05, 0) is 53.9 Å². The quantitative estimate of drug-likeness (QED) is 0.127. The standard InChI is InChI=1S/C34H45N7O6SSi/c1-49(2,3)18-17-47-24-41-31(20-30-32(35-23-36-33(30)41)39-13-15-46-16-14-39)26-7-9-27(10-8-26)38-48(44,45)22-25-5-4-6-29(19-25)40-12-11-28(21-40)37-34(42)43/h4-10,19-20,23,28,37-38H,11-18,21-22,24H2,1-3H3,(H,42,43). The average molecular weight is 708 g/mol. The van der Waals surface area contributed by atoms with Crippen LogP contribution in [0.3, 0.4) is 0 Å². The predicted octanol–water partition coefficient (Wildman–Crippen LogP) is 5.04. The van der Waals surface area contributed by atoms with Gasteiger partial charge in [0.25, 0.3) is 0 Å². The number of hydrogen-bond acceptors (Lipinski definition) is 9. The molecule has 2 aromatic carbocycles. The van der Waals surface area contributed by atoms with Gasteiger partial charge in [0.2, 0.25) is 10.0 Å². The van der Waals surface area contributed by atoms with E-state index >= 15 is 0 Å². The number of nitrogens with zero attached hydrogens (tertiary/aromatic N) is 5. The number of benzene rings is 2. The fourth-order valence-corrected chi connectivity index (χ4v) is 8.20. The number of nitrogens with one attached hydrogen (secondary N) is 2. The molecule has 2 aliphatic rings. The van der Waals surface area contributed by atoms with E-state index in [1.165, 1.54) is 0 Å². The molecule has 3 N–H and O–H groups in total. The van der Waals surface area contributed by atoms with Crippen molar-refractivity contribution in [3.05, 3.63) is 66.5 Å². The van der Waals surface area contributed by atoms with Crippen LogP contribution in [-0.4, -0.2) is 94.3 Å². The van der Waals surface area contributed by atoms with E-state index in [1.54, 1.807) is 24.5 Å². The number of sulfonamides is 1. The maximum absolute atomic E-state index is 13.3. The number of carboxylic acid groups (broad SMARTS) is 1. The summed E-state index contributed by atoms with van der Waals surface area (Å²) in [7, 11) is -4.99. The third-order valence-electron chi connectivity index (χ3n) is 8.80. The van der Waals surface area contributed by atoms with E-state index < -0.39 is 24.2 Å². The van der Waals surface area contributed by atoms with Crippen molar-refractivity contribution < 1.29 is 27.8 Å². The van der Waals surface area contributed by atoms with Crippen LogP contribution in [0.2, 0.25) is 25.7 Å². The lowest BCUT2D eigenvalue weighted by Gasteiger charge is -2.28. The van der Waals surface area contributed by atoms with Crippen molar-refractivity contribution in [2.24, 2.45) is 0 Å². The van der Waals surface area contributed by atoms with E-state index in [2.05, 4.69) is 60.1 Å². The fraction of sp³-hybridized carbons (Fsp3) is 0.441. The molecular weight excluding hydrogens is 663 g/mol. The molecule has 0 spiro atoms. The Morgan fingerprint density at radius 1 is 1.04 bits per heavy atom. The van der Waals surface area contributed by atoms with Gasteiger partial charge in [0, 0.05) is 52.2 Å². The number of morpholine rings is 1. The van der Waals surface area contributed by atoms with Gasteiger partial charge in [-0.1, -0.05) is 43.9 Å². The molecule has 6 rings (SSSR count). The van der Waals surface area contributed by atoms with Gasteiger partial charge in [0.1, 0.15) is 24.5 Å². The summed E-state index contributed by atoms with van der Waals surface area (Å²) in [5, 5.41) is 12.5. The van der Waals surface area contributed by atoms with Crippen molar-refractivity contribution in [3.8, 4) is 11.3 Å². The first-order valence-electron chi connectivity index (χ1n) is 16.6. The van der Waals surface area contributed by atoms with Gasteiger partial charge in [-0.25, -0.2) is 23.2 Å². The lowest BCUT2D eigenvalue weighted by molar-refractivity contribution is 0.0909. The van der Waals surface area contributed by atoms with Gasteiger partial charge in [-0.3, -0.25) is 4.72 Å². The number of carbonyl (C=O) groups is 1. The second-order valence-electron chi connectivity index (χ2n) is 13.8. The van der Waals surface area contributed by atoms with Gasteiger partial charge in [0.05, 0.1) is 36.1 Å². The first-order chi connectivity index (χ1) is 23.4. The van der Waals surface area contributed by atoms with Crippen LogP contribution in [0.25, 0.3) is 22.3 Å². The smallest absolute Gasteiger partial charge is 0.404 e. The number of anilines is 3. The topological polar surface area (TPSA) is 151 Å². The fourth-order valence-electron chi connectivity index (χ4n) is 6.26. The Bertz CT molecular complexity index is 1870. The van der Waals surface area contributed by atoms with E-state index in [-0.39, 0.29) is 11.8 Å². The van der Waals surface area contributed by atoms with Gasteiger partial charge < -0.3 is 34.3 Å². The Morgan fingerprint density at radius 2 is 1.82 bits per heavy atom. The van der Waals surface area contributed by atoms with E-state index in [0.717, 1.165) is 52.9 Å². The van der Waals surface area contributed by atoms with Crippen LogP contribution in [0, 0.1) is 0 Å². The molecule has 0 aliphatic carbocycles. The van der Waals surface area contributed by atoms with Crippen LogP contribution in [0.15, 0.2) is 60.9 Å². The molecule has 1 unspecified atom stereocenters. The zero-order chi connectivity index (χ0) is 34.6. The second kappa shape index (κ2) is 14.7. The molecule has 1 amide bonds. The lowest BCUT2D eigenvalue weighted by atomic mass is 10.1. The van der Waals surface area contributed by atoms with Crippen LogP contribution in [0.5, 0.6) is 0 Å². The molecule has 15 heteroatoms. The molecule has 2 fully saturated rings. The maximum Gasteiger partial charge on any atom is 0.404 e. The predicted molar refractivity (Wildman–Crippen MR) is 195 cm³/mol. The molecule has 49 heavy (non-hydrogen) atoms. The minimum Gasteiger partial charge on any atom is -0.465 e. The van der Waals surface area contributed by atoms with Gasteiger partial charge in [-0.15, -0.1) is 0 Å². The molecule has 2 aromatic heterocycles. The van der Waals surface area contributed by atoms with Crippen LogP contribution in [0.1, 0.15) is 12.0 Å². The van der Waals surface area contributed by atoms with Crippen LogP contribution in [-0.2, 0) is 32.0 Å². The van der Waals surface area contributed by atoms with Crippen molar-refractivity contribution in [1.29, 1.82) is 0 Å². The highest BCUT2D eigenvalue weighted by molar-refractivity contribution is 7.91. The summed E-state index contributed by atoms with van der Waals surface area (Å²) < 4.78 is 43.1. The first kappa shape index (κ1) is 34.7. The summed E-state index contributed by atoms with van der Waals surface area (Å²) in [6.07, 6.45) is 1.25. The normalized spacial score (nSPS) is 17.1. The molecule has 0 saturated carbocycles. The summed E-state index contributed by atoms with van der Waals surface area (Å²) >= 11 is 0. The molecule has 0 bridgehead atoms. The highest BCUT2D eigenvalue weighted by Gasteiger charge is 2.25. The highest BCUT2D eigenvalue weighted by atomic mass is 32.2. The van der Waals surface area contributed by atoms with Crippen molar-refractivity contribution in [2.75, 3.05) is 60.5 Å². The summed E-state index contributed by atoms with van der Waals surface area (Å²) in [5.41, 5.74) is 4.57. The number of ether oxygens (including phenoxy) is 2. The zero-order valence-corrected chi connectivity index (χ0v) is 30.1. The third-order valence-corrected chi connectivity index (χ3v) is 11.8. The highest BCUT2D eigenvalue weighted by Crippen LogP contribution is 2.33. The molecule has 2 aliphatic heterocycles. The molecule has 13 nitrogen and oxygen atoms in total. The third kappa shape index (κ3) is 8.89. The van der Waals surface area contributed by atoms with Crippen LogP contribution < -0.4 is 19.8 Å². The monoisotopic (exact) mass is 707 g/mol. The lowest BCUT2D eigenvalue weighted by Crippen LogP contribution is -2.36. The van der Waals surface area contributed by atoms with Crippen molar-refractivity contribution in [3.63, 3.8) is 0 Å². The molecule has 4 heterocycles. The SMILES string of the molecule is C[Si](C)(C)CCOCn1c(-c2ccc(NS(=O)(=O)Cc3cccc(N4CCC(NC(=O)O)C4)c3)cc2)cc2c(N3CCOCC3)ncnc21. The van der Waals surface area contributed by atoms with E-state index in [0.29, 0.717) is 57.3 Å². The average Bonchev–Trinajstić information content (AvgIpc) is 3.67. The molecule has 4 aromatic rings. The largest absolute Gasteiger partial charge is 0.465 e. The Kier molecular flexibility index (Phi) is 10.4. The minimum absolute atomic E-state index is 0.155. The molecule has 2 saturated heterocycles. The van der Waals surface area contributed by atoms with E-state index in [9.17, 15) is 13.2 Å². The van der Waals surface area contributed by atoms with Gasteiger partial charge >= 0.3 is 6.09 Å². The Balaban J connectivity index is 1.19. The number of hydrogen-bond donors (Lipinski definition) is 3. The van der Waals surface area contributed by atoms with Crippen molar-refractivity contribution in [1.82, 2.24) is 19.9 Å². The molecule has 1 atom stereocenters. The number of rotatable bonds is 13. The summed E-state index contributed by atoms with van der Waals surface area (Å²) in [6, 6.07) is 17.7. The molecular formula is C34H45N7O6SSi. The Morgan fingerprint density at radius 3 is 2.55 bits per heavy atom. The zero-order valence-electron chi connectivity index (χ0n) is 28.3. The van der Waals surface area contributed by atoms with Crippen LogP contribution >= 0.6 is 0 Å².